The number of halogens is 3. The Morgan fingerprint density at radius 3 is 2.39 bits per heavy atom. The summed E-state index contributed by atoms with van der Waals surface area (Å²) >= 11 is 0. The molecule has 3 rings (SSSR count). The Labute approximate surface area is 156 Å². The summed E-state index contributed by atoms with van der Waals surface area (Å²) < 4.78 is 40.0. The molecule has 150 valence electrons. The zero-order valence-corrected chi connectivity index (χ0v) is 14.7. The van der Waals surface area contributed by atoms with Crippen molar-refractivity contribution < 1.29 is 22.9 Å². The number of para-hydroxylation sites is 1. The molecule has 1 fully saturated rings. The van der Waals surface area contributed by atoms with Gasteiger partial charge in [0.2, 0.25) is 5.82 Å². The molecular formula is C16H16F3N5O4. The van der Waals surface area contributed by atoms with Crippen LogP contribution in [0.3, 0.4) is 0 Å². The molecular weight excluding hydrogens is 383 g/mol. The van der Waals surface area contributed by atoms with E-state index in [0.717, 1.165) is 11.7 Å². The number of nitro groups is 1. The maximum atomic E-state index is 12.9. The molecule has 0 saturated carbocycles. The summed E-state index contributed by atoms with van der Waals surface area (Å²) in [5.41, 5.74) is -1.25. The average molecular weight is 399 g/mol. The minimum atomic E-state index is -4.75. The molecule has 1 aromatic heterocycles. The first-order valence-electron chi connectivity index (χ1n) is 8.36. The van der Waals surface area contributed by atoms with Crippen molar-refractivity contribution in [1.29, 1.82) is 0 Å². The molecule has 0 N–H and O–H groups in total. The summed E-state index contributed by atoms with van der Waals surface area (Å²) in [5, 5.41) is 14.5. The lowest BCUT2D eigenvalue weighted by Gasteiger charge is -2.31. The quantitative estimate of drug-likeness (QED) is 0.580. The lowest BCUT2D eigenvalue weighted by atomic mass is 10.0. The van der Waals surface area contributed by atoms with Crippen molar-refractivity contribution >= 4 is 11.6 Å². The number of benzene rings is 1. The van der Waals surface area contributed by atoms with Crippen molar-refractivity contribution in [1.82, 2.24) is 19.2 Å². The molecule has 1 aliphatic heterocycles. The lowest BCUT2D eigenvalue weighted by molar-refractivity contribution is -0.385. The highest BCUT2D eigenvalue weighted by Gasteiger charge is 2.39. The van der Waals surface area contributed by atoms with E-state index in [-0.39, 0.29) is 37.2 Å². The minimum absolute atomic E-state index is 0.0553. The fourth-order valence-electron chi connectivity index (χ4n) is 3.24. The van der Waals surface area contributed by atoms with E-state index < -0.39 is 34.6 Å². The van der Waals surface area contributed by atoms with Crippen LogP contribution < -0.4 is 5.69 Å². The third-order valence-corrected chi connectivity index (χ3v) is 4.69. The zero-order valence-electron chi connectivity index (χ0n) is 14.7. The van der Waals surface area contributed by atoms with Crippen LogP contribution in [-0.4, -0.2) is 43.2 Å². The van der Waals surface area contributed by atoms with Crippen LogP contribution in [0.25, 0.3) is 0 Å². The van der Waals surface area contributed by atoms with E-state index in [1.165, 1.54) is 29.2 Å². The fourth-order valence-corrected chi connectivity index (χ4v) is 3.24. The van der Waals surface area contributed by atoms with Gasteiger partial charge in [0.05, 0.1) is 11.0 Å². The molecule has 0 unspecified atom stereocenters. The van der Waals surface area contributed by atoms with E-state index in [4.69, 9.17) is 0 Å². The third kappa shape index (κ3) is 3.49. The molecule has 1 aliphatic rings. The van der Waals surface area contributed by atoms with Gasteiger partial charge in [-0.2, -0.15) is 13.2 Å². The van der Waals surface area contributed by atoms with E-state index in [9.17, 15) is 32.9 Å². The van der Waals surface area contributed by atoms with Crippen LogP contribution in [0.2, 0.25) is 0 Å². The normalized spacial score (nSPS) is 15.6. The van der Waals surface area contributed by atoms with Gasteiger partial charge >= 0.3 is 11.9 Å². The molecule has 0 bridgehead atoms. The number of alkyl halides is 3. The number of nitro benzene ring substituents is 1. The molecule has 1 saturated heterocycles. The number of hydrogen-bond donors (Lipinski definition) is 0. The summed E-state index contributed by atoms with van der Waals surface area (Å²) in [7, 11) is 1.00. The SMILES string of the molecule is Cn1c(C(F)(F)F)nn(C2CCN(C(=O)c3ccccc3[N+](=O)[O-])CC2)c1=O. The minimum Gasteiger partial charge on any atom is -0.338 e. The number of amides is 1. The molecule has 28 heavy (non-hydrogen) atoms. The van der Waals surface area contributed by atoms with Gasteiger partial charge in [-0.05, 0) is 18.9 Å². The van der Waals surface area contributed by atoms with Crippen molar-refractivity contribution in [2.45, 2.75) is 25.1 Å². The molecule has 1 amide bonds. The number of hydrogen-bond acceptors (Lipinski definition) is 5. The second-order valence-corrected chi connectivity index (χ2v) is 6.41. The van der Waals surface area contributed by atoms with Gasteiger partial charge in [0, 0.05) is 26.2 Å². The second kappa shape index (κ2) is 7.09. The van der Waals surface area contributed by atoms with Gasteiger partial charge in [0.25, 0.3) is 11.6 Å². The highest BCUT2D eigenvalue weighted by molar-refractivity contribution is 5.98. The topological polar surface area (TPSA) is 103 Å². The molecule has 2 aromatic rings. The van der Waals surface area contributed by atoms with Crippen molar-refractivity contribution in [3.8, 4) is 0 Å². The van der Waals surface area contributed by atoms with Crippen LogP contribution in [0.1, 0.15) is 35.1 Å². The van der Waals surface area contributed by atoms with E-state index in [0.29, 0.717) is 4.57 Å². The molecule has 2 heterocycles. The van der Waals surface area contributed by atoms with Crippen LogP contribution in [0.15, 0.2) is 29.1 Å². The van der Waals surface area contributed by atoms with Gasteiger partial charge < -0.3 is 4.90 Å². The predicted octanol–water partition coefficient (Wildman–Crippen LogP) is 1.99. The summed E-state index contributed by atoms with van der Waals surface area (Å²) in [5.74, 6) is -1.81. The first-order chi connectivity index (χ1) is 13.1. The largest absolute Gasteiger partial charge is 0.451 e. The highest BCUT2D eigenvalue weighted by Crippen LogP contribution is 2.29. The highest BCUT2D eigenvalue weighted by atomic mass is 19.4. The zero-order chi connectivity index (χ0) is 20.6. The number of piperidine rings is 1. The maximum Gasteiger partial charge on any atom is 0.451 e. The van der Waals surface area contributed by atoms with Crippen molar-refractivity contribution in [3.63, 3.8) is 0 Å². The van der Waals surface area contributed by atoms with Gasteiger partial charge in [-0.15, -0.1) is 5.10 Å². The van der Waals surface area contributed by atoms with Crippen LogP contribution in [0.4, 0.5) is 18.9 Å². The number of rotatable bonds is 3. The van der Waals surface area contributed by atoms with Crippen LogP contribution >= 0.6 is 0 Å². The Balaban J connectivity index is 1.76. The van der Waals surface area contributed by atoms with Crippen LogP contribution in [0, 0.1) is 10.1 Å². The molecule has 1 aromatic carbocycles. The molecule has 9 nitrogen and oxygen atoms in total. The second-order valence-electron chi connectivity index (χ2n) is 6.41. The first-order valence-corrected chi connectivity index (χ1v) is 8.36. The molecule has 12 heteroatoms. The average Bonchev–Trinajstić information content (AvgIpc) is 2.96. The summed E-state index contributed by atoms with van der Waals surface area (Å²) in [4.78, 5) is 36.5. The van der Waals surface area contributed by atoms with Gasteiger partial charge in [-0.3, -0.25) is 19.5 Å². The Kier molecular flexibility index (Phi) is 4.96. The predicted molar refractivity (Wildman–Crippen MR) is 89.7 cm³/mol. The summed E-state index contributed by atoms with van der Waals surface area (Å²) in [6, 6.07) is 4.95. The van der Waals surface area contributed by atoms with E-state index in [1.807, 2.05) is 0 Å². The number of nitrogens with zero attached hydrogens (tertiary/aromatic N) is 5. The Hall–Kier alpha value is -3.18. The lowest BCUT2D eigenvalue weighted by Crippen LogP contribution is -2.41. The molecule has 0 radical (unpaired) electrons. The van der Waals surface area contributed by atoms with Crippen LogP contribution in [0.5, 0.6) is 0 Å². The fraction of sp³-hybridized carbons (Fsp3) is 0.438. The number of likely N-dealkylation sites (tertiary alicyclic amines) is 1. The maximum absolute atomic E-state index is 12.9. The van der Waals surface area contributed by atoms with Crippen molar-refractivity contribution in [2.24, 2.45) is 7.05 Å². The Bertz CT molecular complexity index is 973. The van der Waals surface area contributed by atoms with Gasteiger partial charge in [0.15, 0.2) is 0 Å². The number of aromatic nitrogens is 3. The van der Waals surface area contributed by atoms with Crippen LogP contribution in [-0.2, 0) is 13.2 Å². The van der Waals surface area contributed by atoms with E-state index in [1.54, 1.807) is 0 Å². The van der Waals surface area contributed by atoms with Crippen molar-refractivity contribution in [3.05, 3.63) is 56.3 Å². The van der Waals surface area contributed by atoms with Crippen molar-refractivity contribution in [2.75, 3.05) is 13.1 Å². The monoisotopic (exact) mass is 399 g/mol. The van der Waals surface area contributed by atoms with E-state index in [2.05, 4.69) is 5.10 Å². The molecule has 0 atom stereocenters. The van der Waals surface area contributed by atoms with Gasteiger partial charge in [-0.1, -0.05) is 12.1 Å². The Morgan fingerprint density at radius 1 is 1.25 bits per heavy atom. The molecule has 0 aliphatic carbocycles. The van der Waals surface area contributed by atoms with Gasteiger partial charge in [0.1, 0.15) is 5.56 Å². The van der Waals surface area contributed by atoms with Gasteiger partial charge in [-0.25, -0.2) is 9.48 Å². The molecule has 0 spiro atoms. The third-order valence-electron chi connectivity index (χ3n) is 4.69. The first kappa shape index (κ1) is 19.6. The smallest absolute Gasteiger partial charge is 0.338 e. The standard InChI is InChI=1S/C16H16F3N5O4/c1-21-14(16(17,18)19)20-23(15(21)26)10-6-8-22(9-7-10)13(25)11-4-2-3-5-12(11)24(27)28/h2-5,10H,6-9H2,1H3. The number of carbonyl (C=O) groups excluding carboxylic acids is 1. The number of carbonyl (C=O) groups is 1. The summed E-state index contributed by atoms with van der Waals surface area (Å²) in [6.07, 6.45) is -4.33. The van der Waals surface area contributed by atoms with E-state index >= 15 is 0 Å². The Morgan fingerprint density at radius 2 is 1.86 bits per heavy atom. The summed E-state index contributed by atoms with van der Waals surface area (Å²) in [6.45, 7) is 0.278.